The Morgan fingerprint density at radius 2 is 1.77 bits per heavy atom. The molecule has 0 aliphatic carbocycles. The third-order valence-electron chi connectivity index (χ3n) is 4.64. The summed E-state index contributed by atoms with van der Waals surface area (Å²) in [6, 6.07) is 21.2. The topological polar surface area (TPSA) is 59.8 Å². The van der Waals surface area contributed by atoms with Crippen LogP contribution in [0, 0.1) is 12.7 Å². The van der Waals surface area contributed by atoms with Gasteiger partial charge in [0.15, 0.2) is 11.0 Å². The normalized spacial score (nSPS) is 10.8. The summed E-state index contributed by atoms with van der Waals surface area (Å²) in [7, 11) is 0. The molecule has 0 bridgehead atoms. The van der Waals surface area contributed by atoms with Crippen LogP contribution in [0.3, 0.4) is 0 Å². The first-order chi connectivity index (χ1) is 15.0. The maximum absolute atomic E-state index is 14.4. The van der Waals surface area contributed by atoms with Crippen molar-refractivity contribution in [2.75, 3.05) is 11.1 Å². The Hall–Kier alpha value is -3.16. The number of hydrogen-bond acceptors (Lipinski definition) is 4. The van der Waals surface area contributed by atoms with Gasteiger partial charge < -0.3 is 5.32 Å². The van der Waals surface area contributed by atoms with Crippen molar-refractivity contribution in [2.24, 2.45) is 0 Å². The number of nitrogens with zero attached hydrogens (tertiary/aromatic N) is 3. The minimum atomic E-state index is -0.391. The zero-order valence-corrected chi connectivity index (χ0v) is 18.1. The van der Waals surface area contributed by atoms with Gasteiger partial charge in [-0.15, -0.1) is 10.2 Å². The second-order valence-corrected chi connectivity index (χ2v) is 8.06. The number of carbonyl (C=O) groups excluding carboxylic acids is 1. The summed E-state index contributed by atoms with van der Waals surface area (Å²) in [5.74, 6) is -0.116. The fourth-order valence-electron chi connectivity index (χ4n) is 3.05. The highest BCUT2D eigenvalue weighted by Gasteiger charge is 2.19. The summed E-state index contributed by atoms with van der Waals surface area (Å²) in [6.45, 7) is 1.85. The predicted molar refractivity (Wildman–Crippen MR) is 122 cm³/mol. The molecule has 1 N–H and O–H groups in total. The number of anilines is 1. The molecule has 0 spiro atoms. The Morgan fingerprint density at radius 3 is 2.55 bits per heavy atom. The van der Waals surface area contributed by atoms with Crippen LogP contribution >= 0.6 is 23.4 Å². The molecule has 0 aliphatic heterocycles. The smallest absolute Gasteiger partial charge is 0.234 e. The lowest BCUT2D eigenvalue weighted by atomic mass is 10.2. The van der Waals surface area contributed by atoms with E-state index in [0.29, 0.717) is 27.3 Å². The third-order valence-corrected chi connectivity index (χ3v) is 5.98. The van der Waals surface area contributed by atoms with Crippen molar-refractivity contribution in [1.29, 1.82) is 0 Å². The number of halogens is 2. The van der Waals surface area contributed by atoms with Crippen LogP contribution in [0.4, 0.5) is 10.1 Å². The number of nitrogens with one attached hydrogen (secondary N) is 1. The highest BCUT2D eigenvalue weighted by atomic mass is 35.5. The zero-order chi connectivity index (χ0) is 21.8. The number of hydrogen-bond donors (Lipinski definition) is 1. The molecule has 0 unspecified atom stereocenters. The second kappa shape index (κ2) is 9.32. The molecule has 1 aromatic heterocycles. The molecule has 5 nitrogen and oxygen atoms in total. The van der Waals surface area contributed by atoms with Gasteiger partial charge in [0.25, 0.3) is 0 Å². The molecule has 4 aromatic rings. The molecule has 1 amide bonds. The summed E-state index contributed by atoms with van der Waals surface area (Å²) >= 11 is 7.35. The third kappa shape index (κ3) is 4.62. The molecule has 4 rings (SSSR count). The van der Waals surface area contributed by atoms with E-state index in [-0.39, 0.29) is 11.7 Å². The standard InChI is InChI=1S/C23H18ClFN4OS/c1-15-18(24)11-7-13-20(15)26-21(30)14-31-23-28-27-22(17-10-5-6-12-19(17)25)29(23)16-8-3-2-4-9-16/h2-13H,14H2,1H3,(H,26,30). The number of amides is 1. The summed E-state index contributed by atoms with van der Waals surface area (Å²) in [4.78, 5) is 12.5. The van der Waals surface area contributed by atoms with Gasteiger partial charge in [-0.25, -0.2) is 4.39 Å². The van der Waals surface area contributed by atoms with Crippen LogP contribution in [0.25, 0.3) is 17.1 Å². The Morgan fingerprint density at radius 1 is 1.03 bits per heavy atom. The van der Waals surface area contributed by atoms with Gasteiger partial charge in [0.2, 0.25) is 5.91 Å². The monoisotopic (exact) mass is 452 g/mol. The van der Waals surface area contributed by atoms with Crippen LogP contribution in [0.1, 0.15) is 5.56 Å². The van der Waals surface area contributed by atoms with E-state index in [2.05, 4.69) is 15.5 Å². The molecule has 31 heavy (non-hydrogen) atoms. The van der Waals surface area contributed by atoms with Crippen molar-refractivity contribution in [3.05, 3.63) is 89.2 Å². The number of rotatable bonds is 6. The first-order valence-electron chi connectivity index (χ1n) is 9.48. The maximum Gasteiger partial charge on any atom is 0.234 e. The molecule has 1 heterocycles. The van der Waals surface area contributed by atoms with Crippen LogP contribution < -0.4 is 5.32 Å². The number of aromatic nitrogens is 3. The lowest BCUT2D eigenvalue weighted by Crippen LogP contribution is -2.15. The fraction of sp³-hybridized carbons (Fsp3) is 0.0870. The SMILES string of the molecule is Cc1c(Cl)cccc1NC(=O)CSc1nnc(-c2ccccc2F)n1-c1ccccc1. The van der Waals surface area contributed by atoms with E-state index in [1.165, 1.54) is 17.8 Å². The van der Waals surface area contributed by atoms with Gasteiger partial charge >= 0.3 is 0 Å². The lowest BCUT2D eigenvalue weighted by Gasteiger charge is -2.11. The van der Waals surface area contributed by atoms with Crippen LogP contribution in [0.2, 0.25) is 5.02 Å². The van der Waals surface area contributed by atoms with Gasteiger partial charge in [-0.05, 0) is 48.9 Å². The number of para-hydroxylation sites is 1. The molecule has 0 radical (unpaired) electrons. The Bertz CT molecular complexity index is 1230. The molecule has 0 saturated carbocycles. The van der Waals surface area contributed by atoms with Crippen molar-refractivity contribution < 1.29 is 9.18 Å². The zero-order valence-electron chi connectivity index (χ0n) is 16.5. The first-order valence-corrected chi connectivity index (χ1v) is 10.8. The van der Waals surface area contributed by atoms with Gasteiger partial charge in [0.1, 0.15) is 5.82 Å². The number of thioether (sulfide) groups is 1. The average molecular weight is 453 g/mol. The fourth-order valence-corrected chi connectivity index (χ4v) is 3.98. The van der Waals surface area contributed by atoms with E-state index in [4.69, 9.17) is 11.6 Å². The Labute approximate surface area is 188 Å². The first kappa shape index (κ1) is 21.1. The molecule has 0 fully saturated rings. The molecular weight excluding hydrogens is 435 g/mol. The summed E-state index contributed by atoms with van der Waals surface area (Å²) in [5, 5.41) is 12.4. The van der Waals surface area contributed by atoms with Crippen molar-refractivity contribution in [1.82, 2.24) is 14.8 Å². The van der Waals surface area contributed by atoms with Crippen molar-refractivity contribution >= 4 is 35.0 Å². The Balaban J connectivity index is 1.61. The second-order valence-electron chi connectivity index (χ2n) is 6.71. The molecule has 8 heteroatoms. The van der Waals surface area contributed by atoms with E-state index in [1.54, 1.807) is 41.0 Å². The van der Waals surface area contributed by atoms with Crippen LogP contribution in [-0.4, -0.2) is 26.4 Å². The highest BCUT2D eigenvalue weighted by Crippen LogP contribution is 2.29. The van der Waals surface area contributed by atoms with Gasteiger partial charge in [-0.1, -0.05) is 59.8 Å². The van der Waals surface area contributed by atoms with E-state index < -0.39 is 5.82 Å². The molecule has 0 aliphatic rings. The predicted octanol–water partition coefficient (Wildman–Crippen LogP) is 5.77. The van der Waals surface area contributed by atoms with Crippen LogP contribution in [0.15, 0.2) is 78.0 Å². The van der Waals surface area contributed by atoms with Gasteiger partial charge in [-0.2, -0.15) is 0 Å². The molecule has 0 atom stereocenters. The molecular formula is C23H18ClFN4OS. The number of carbonyl (C=O) groups is 1. The van der Waals surface area contributed by atoms with Crippen LogP contribution in [0.5, 0.6) is 0 Å². The average Bonchev–Trinajstić information content (AvgIpc) is 3.20. The number of benzene rings is 3. The minimum Gasteiger partial charge on any atom is -0.325 e. The molecule has 156 valence electrons. The van der Waals surface area contributed by atoms with E-state index in [0.717, 1.165) is 11.3 Å². The molecule has 3 aromatic carbocycles. The van der Waals surface area contributed by atoms with Crippen LogP contribution in [-0.2, 0) is 4.79 Å². The van der Waals surface area contributed by atoms with Gasteiger partial charge in [-0.3, -0.25) is 9.36 Å². The largest absolute Gasteiger partial charge is 0.325 e. The maximum atomic E-state index is 14.4. The summed E-state index contributed by atoms with van der Waals surface area (Å²) < 4.78 is 16.2. The van der Waals surface area contributed by atoms with Gasteiger partial charge in [0.05, 0.1) is 11.3 Å². The highest BCUT2D eigenvalue weighted by molar-refractivity contribution is 7.99. The van der Waals surface area contributed by atoms with E-state index in [9.17, 15) is 9.18 Å². The quantitative estimate of drug-likeness (QED) is 0.377. The Kier molecular flexibility index (Phi) is 6.34. The lowest BCUT2D eigenvalue weighted by molar-refractivity contribution is -0.113. The minimum absolute atomic E-state index is 0.105. The van der Waals surface area contributed by atoms with Crippen molar-refractivity contribution in [3.63, 3.8) is 0 Å². The molecule has 0 saturated heterocycles. The van der Waals surface area contributed by atoms with Crippen molar-refractivity contribution in [3.8, 4) is 17.1 Å². The van der Waals surface area contributed by atoms with Gasteiger partial charge in [0, 0.05) is 16.4 Å². The van der Waals surface area contributed by atoms with Crippen molar-refractivity contribution in [2.45, 2.75) is 12.1 Å². The van der Waals surface area contributed by atoms with E-state index in [1.807, 2.05) is 37.3 Å². The summed E-state index contributed by atoms with van der Waals surface area (Å²) in [5.41, 5.74) is 2.58. The van der Waals surface area contributed by atoms with E-state index >= 15 is 0 Å². The summed E-state index contributed by atoms with van der Waals surface area (Å²) in [6.07, 6.45) is 0.